The minimum absolute atomic E-state index is 0.191. The summed E-state index contributed by atoms with van der Waals surface area (Å²) in [6, 6.07) is 8.33. The summed E-state index contributed by atoms with van der Waals surface area (Å²) in [5.74, 6) is 3.82. The van der Waals surface area contributed by atoms with Crippen LogP contribution in [-0.2, 0) is 11.2 Å². The molecule has 2 aromatic rings. The zero-order valence-corrected chi connectivity index (χ0v) is 14.3. The van der Waals surface area contributed by atoms with Crippen molar-refractivity contribution in [2.24, 2.45) is 0 Å². The molecule has 22 heavy (non-hydrogen) atoms. The monoisotopic (exact) mass is 334 g/mol. The van der Waals surface area contributed by atoms with Crippen LogP contribution in [0.5, 0.6) is 0 Å². The molecule has 0 bridgehead atoms. The largest absolute Gasteiger partial charge is 0.361 e. The van der Waals surface area contributed by atoms with Gasteiger partial charge in [-0.25, -0.2) is 0 Å². The minimum Gasteiger partial charge on any atom is -0.361 e. The second-order valence-corrected chi connectivity index (χ2v) is 8.14. The molecule has 1 aliphatic heterocycles. The number of nitrogens with one attached hydrogen (secondary N) is 2. The van der Waals surface area contributed by atoms with Crippen molar-refractivity contribution in [3.05, 3.63) is 36.0 Å². The smallest absolute Gasteiger partial charge is 0.220 e. The Morgan fingerprint density at radius 1 is 1.32 bits per heavy atom. The summed E-state index contributed by atoms with van der Waals surface area (Å²) in [7, 11) is 0. The summed E-state index contributed by atoms with van der Waals surface area (Å²) in [4.78, 5) is 15.2. The fraction of sp³-hybridized carbons (Fsp3) is 0.471. The minimum atomic E-state index is 0.191. The van der Waals surface area contributed by atoms with Gasteiger partial charge in [0.1, 0.15) is 0 Å². The molecular weight excluding hydrogens is 312 g/mol. The molecule has 1 aromatic heterocycles. The van der Waals surface area contributed by atoms with Crippen LogP contribution in [0.15, 0.2) is 30.5 Å². The Morgan fingerprint density at radius 3 is 3.09 bits per heavy atom. The molecule has 5 heteroatoms. The highest BCUT2D eigenvalue weighted by Gasteiger charge is 2.15. The van der Waals surface area contributed by atoms with Gasteiger partial charge < -0.3 is 10.3 Å². The number of fused-ring (bicyclic) bond motifs is 1. The van der Waals surface area contributed by atoms with E-state index in [1.807, 2.05) is 29.6 Å². The maximum atomic E-state index is 11.9. The van der Waals surface area contributed by atoms with Crippen LogP contribution >= 0.6 is 23.5 Å². The van der Waals surface area contributed by atoms with Gasteiger partial charge in [0.05, 0.1) is 0 Å². The molecule has 0 spiro atoms. The molecule has 1 aliphatic rings. The first-order valence-corrected chi connectivity index (χ1v) is 10.0. The number of carbonyl (C=O) groups excluding carboxylic acids is 1. The second kappa shape index (κ2) is 7.97. The Labute approximate surface area is 140 Å². The van der Waals surface area contributed by atoms with Crippen LogP contribution < -0.4 is 5.32 Å². The number of aromatic amines is 1. The predicted octanol–water partition coefficient (Wildman–Crippen LogP) is 3.46. The van der Waals surface area contributed by atoms with E-state index in [2.05, 4.69) is 34.7 Å². The number of para-hydroxylation sites is 1. The van der Waals surface area contributed by atoms with Crippen LogP contribution in [0.2, 0.25) is 0 Å². The van der Waals surface area contributed by atoms with Crippen molar-refractivity contribution in [2.45, 2.75) is 24.5 Å². The van der Waals surface area contributed by atoms with Gasteiger partial charge in [-0.05, 0) is 24.5 Å². The van der Waals surface area contributed by atoms with Crippen LogP contribution in [0.3, 0.4) is 0 Å². The number of aryl methyl sites for hydroxylation is 1. The number of benzene rings is 1. The first-order valence-electron chi connectivity index (χ1n) is 7.84. The van der Waals surface area contributed by atoms with Gasteiger partial charge in [-0.1, -0.05) is 18.2 Å². The second-order valence-electron chi connectivity index (χ2n) is 5.58. The molecule has 1 fully saturated rings. The van der Waals surface area contributed by atoms with Crippen LogP contribution in [0.1, 0.15) is 18.4 Å². The normalized spacial score (nSPS) is 18.5. The topological polar surface area (TPSA) is 44.9 Å². The number of amides is 1. The highest BCUT2D eigenvalue weighted by atomic mass is 32.2. The number of rotatable bonds is 6. The molecule has 0 saturated carbocycles. The number of thioether (sulfide) groups is 2. The number of hydrogen-bond acceptors (Lipinski definition) is 3. The van der Waals surface area contributed by atoms with Gasteiger partial charge in [-0.2, -0.15) is 23.5 Å². The number of hydrogen-bond donors (Lipinski definition) is 2. The maximum absolute atomic E-state index is 11.9. The molecule has 3 nitrogen and oxygen atoms in total. The standard InChI is InChI=1S/C17H22N2OS2/c20-17(19-11-14-12-21-8-9-22-14)7-3-4-13-10-18-16-6-2-1-5-15(13)16/h1-2,5-6,10,14,18H,3-4,7-9,11-12H2,(H,19,20)/t14-/m1/s1. The van der Waals surface area contributed by atoms with Crippen molar-refractivity contribution in [1.29, 1.82) is 0 Å². The number of H-pyrrole nitrogens is 1. The number of carbonyl (C=O) groups is 1. The van der Waals surface area contributed by atoms with E-state index in [1.54, 1.807) is 0 Å². The zero-order valence-electron chi connectivity index (χ0n) is 12.6. The molecule has 1 atom stereocenters. The Morgan fingerprint density at radius 2 is 2.23 bits per heavy atom. The van der Waals surface area contributed by atoms with Crippen LogP contribution in [0.4, 0.5) is 0 Å². The summed E-state index contributed by atoms with van der Waals surface area (Å²) in [6.07, 6.45) is 4.54. The van der Waals surface area contributed by atoms with Gasteiger partial charge in [0.15, 0.2) is 0 Å². The van der Waals surface area contributed by atoms with E-state index in [0.29, 0.717) is 11.7 Å². The van der Waals surface area contributed by atoms with Crippen LogP contribution in [0, 0.1) is 0 Å². The lowest BCUT2D eigenvalue weighted by Crippen LogP contribution is -2.33. The summed E-state index contributed by atoms with van der Waals surface area (Å²) >= 11 is 3.99. The van der Waals surface area contributed by atoms with Crippen molar-refractivity contribution < 1.29 is 4.79 Å². The van der Waals surface area contributed by atoms with Gasteiger partial charge in [0, 0.05) is 52.6 Å². The van der Waals surface area contributed by atoms with E-state index in [0.717, 1.165) is 19.4 Å². The summed E-state index contributed by atoms with van der Waals surface area (Å²) in [5.41, 5.74) is 2.48. The molecule has 2 heterocycles. The van der Waals surface area contributed by atoms with Crippen molar-refractivity contribution in [2.75, 3.05) is 23.8 Å². The van der Waals surface area contributed by atoms with Gasteiger partial charge >= 0.3 is 0 Å². The average Bonchev–Trinajstić information content (AvgIpc) is 2.97. The fourth-order valence-electron chi connectivity index (χ4n) is 2.75. The van der Waals surface area contributed by atoms with Crippen molar-refractivity contribution in [3.63, 3.8) is 0 Å². The fourth-order valence-corrected chi connectivity index (χ4v) is 5.36. The summed E-state index contributed by atoms with van der Waals surface area (Å²) in [6.45, 7) is 0.823. The molecule has 1 amide bonds. The molecule has 2 N–H and O–H groups in total. The van der Waals surface area contributed by atoms with Crippen molar-refractivity contribution >= 4 is 40.3 Å². The average molecular weight is 335 g/mol. The third kappa shape index (κ3) is 4.23. The highest BCUT2D eigenvalue weighted by molar-refractivity contribution is 8.06. The highest BCUT2D eigenvalue weighted by Crippen LogP contribution is 2.23. The summed E-state index contributed by atoms with van der Waals surface area (Å²) < 4.78 is 0. The maximum Gasteiger partial charge on any atom is 0.220 e. The van der Waals surface area contributed by atoms with Gasteiger partial charge in [0.25, 0.3) is 0 Å². The first-order chi connectivity index (χ1) is 10.8. The molecule has 0 aliphatic carbocycles. The Kier molecular flexibility index (Phi) is 5.73. The van der Waals surface area contributed by atoms with E-state index < -0.39 is 0 Å². The molecule has 1 aromatic carbocycles. The van der Waals surface area contributed by atoms with Crippen molar-refractivity contribution in [1.82, 2.24) is 10.3 Å². The molecule has 3 rings (SSSR count). The SMILES string of the molecule is O=C(CCCc1c[nH]c2ccccc12)NC[C@@H]1CSCCS1. The van der Waals surface area contributed by atoms with E-state index in [4.69, 9.17) is 0 Å². The van der Waals surface area contributed by atoms with Gasteiger partial charge in [-0.3, -0.25) is 4.79 Å². The van der Waals surface area contributed by atoms with Crippen LogP contribution in [-0.4, -0.2) is 39.9 Å². The quantitative estimate of drug-likeness (QED) is 0.850. The molecule has 118 valence electrons. The molecular formula is C17H22N2OS2. The van der Waals surface area contributed by atoms with E-state index in [-0.39, 0.29) is 5.91 Å². The van der Waals surface area contributed by atoms with Crippen LogP contribution in [0.25, 0.3) is 10.9 Å². The van der Waals surface area contributed by atoms with E-state index >= 15 is 0 Å². The third-order valence-electron chi connectivity index (χ3n) is 3.94. The molecule has 0 radical (unpaired) electrons. The first kappa shape index (κ1) is 15.8. The lowest BCUT2D eigenvalue weighted by molar-refractivity contribution is -0.121. The Bertz CT molecular complexity index is 620. The van der Waals surface area contributed by atoms with Crippen molar-refractivity contribution in [3.8, 4) is 0 Å². The van der Waals surface area contributed by atoms with E-state index in [1.165, 1.54) is 33.7 Å². The molecule has 1 saturated heterocycles. The van der Waals surface area contributed by atoms with Gasteiger partial charge in [0.2, 0.25) is 5.91 Å². The van der Waals surface area contributed by atoms with E-state index in [9.17, 15) is 4.79 Å². The lowest BCUT2D eigenvalue weighted by atomic mass is 10.1. The lowest BCUT2D eigenvalue weighted by Gasteiger charge is -2.21. The predicted molar refractivity (Wildman–Crippen MR) is 97.8 cm³/mol. The Balaban J connectivity index is 1.40. The Hall–Kier alpha value is -1.07. The zero-order chi connectivity index (χ0) is 15.2. The number of aromatic nitrogens is 1. The molecule has 0 unspecified atom stereocenters. The van der Waals surface area contributed by atoms with Gasteiger partial charge in [-0.15, -0.1) is 0 Å². The third-order valence-corrected chi connectivity index (χ3v) is 6.78. The summed E-state index contributed by atoms with van der Waals surface area (Å²) in [5, 5.41) is 4.96.